The Morgan fingerprint density at radius 2 is 2.10 bits per heavy atom. The molecule has 1 fully saturated rings. The Hall–Kier alpha value is -1.20. The van der Waals surface area contributed by atoms with Crippen molar-refractivity contribution >= 4 is 0 Å². The summed E-state index contributed by atoms with van der Waals surface area (Å²) in [6.07, 6.45) is 2.53. The number of halogens is 2. The normalized spacial score (nSPS) is 19.2. The summed E-state index contributed by atoms with van der Waals surface area (Å²) < 4.78 is 28.6. The minimum absolute atomic E-state index is 0.216. The zero-order valence-corrected chi connectivity index (χ0v) is 12.5. The van der Waals surface area contributed by atoms with Gasteiger partial charge in [-0.25, -0.2) is 0 Å². The van der Waals surface area contributed by atoms with Crippen LogP contribution in [0.3, 0.4) is 0 Å². The molecule has 0 amide bonds. The van der Waals surface area contributed by atoms with Gasteiger partial charge in [0.05, 0.1) is 0 Å². The standard InChI is InChI=1S/C16H24F2N2O/c1-2-20(12-14-4-3-9-19-10-14)11-13-5-7-15(8-6-13)21-16(17)18/h5-8,14,16,19H,2-4,9-12H2,1H3. The maximum absolute atomic E-state index is 12.1. The summed E-state index contributed by atoms with van der Waals surface area (Å²) in [5.41, 5.74) is 1.13. The molecule has 2 rings (SSSR count). The second kappa shape index (κ2) is 8.29. The van der Waals surface area contributed by atoms with Crippen LogP contribution < -0.4 is 10.1 Å². The summed E-state index contributed by atoms with van der Waals surface area (Å²) in [6, 6.07) is 6.94. The lowest BCUT2D eigenvalue weighted by Crippen LogP contribution is -2.38. The SMILES string of the molecule is CCN(Cc1ccc(OC(F)F)cc1)CC1CCCNC1. The number of piperidine rings is 1. The van der Waals surface area contributed by atoms with Gasteiger partial charge in [0.2, 0.25) is 0 Å². The molecule has 0 saturated carbocycles. The molecule has 0 bridgehead atoms. The lowest BCUT2D eigenvalue weighted by Gasteiger charge is -2.29. The van der Waals surface area contributed by atoms with E-state index in [2.05, 4.69) is 21.9 Å². The third-order valence-electron chi connectivity index (χ3n) is 3.92. The summed E-state index contributed by atoms with van der Waals surface area (Å²) in [7, 11) is 0. The highest BCUT2D eigenvalue weighted by molar-refractivity contribution is 5.27. The molecule has 1 heterocycles. The third kappa shape index (κ3) is 5.59. The Labute approximate surface area is 125 Å². The highest BCUT2D eigenvalue weighted by Crippen LogP contribution is 2.17. The number of alkyl halides is 2. The van der Waals surface area contributed by atoms with E-state index in [9.17, 15) is 8.78 Å². The number of nitrogens with one attached hydrogen (secondary N) is 1. The van der Waals surface area contributed by atoms with Gasteiger partial charge in [-0.05, 0) is 56.1 Å². The second-order valence-electron chi connectivity index (χ2n) is 5.56. The number of hydrogen-bond donors (Lipinski definition) is 1. The molecule has 1 aromatic carbocycles. The fraction of sp³-hybridized carbons (Fsp3) is 0.625. The van der Waals surface area contributed by atoms with Gasteiger partial charge in [0.1, 0.15) is 5.75 Å². The largest absolute Gasteiger partial charge is 0.435 e. The van der Waals surface area contributed by atoms with Gasteiger partial charge in [-0.1, -0.05) is 19.1 Å². The van der Waals surface area contributed by atoms with Crippen LogP contribution in [0.1, 0.15) is 25.3 Å². The molecule has 3 nitrogen and oxygen atoms in total. The summed E-state index contributed by atoms with van der Waals surface area (Å²) in [6.45, 7) is 4.55. The van der Waals surface area contributed by atoms with Crippen molar-refractivity contribution in [1.29, 1.82) is 0 Å². The van der Waals surface area contributed by atoms with Gasteiger partial charge in [0.25, 0.3) is 0 Å². The molecule has 0 aliphatic carbocycles. The van der Waals surface area contributed by atoms with E-state index in [1.807, 2.05) is 12.1 Å². The predicted molar refractivity (Wildman–Crippen MR) is 79.6 cm³/mol. The molecule has 0 spiro atoms. The topological polar surface area (TPSA) is 24.5 Å². The van der Waals surface area contributed by atoms with Crippen molar-refractivity contribution in [2.45, 2.75) is 32.9 Å². The number of hydrogen-bond acceptors (Lipinski definition) is 3. The summed E-state index contributed by atoms with van der Waals surface area (Å²) in [4.78, 5) is 2.40. The van der Waals surface area contributed by atoms with Crippen LogP contribution in [0.25, 0.3) is 0 Å². The summed E-state index contributed by atoms with van der Waals surface area (Å²) in [5.74, 6) is 0.924. The predicted octanol–water partition coefficient (Wildman–Crippen LogP) is 3.11. The Bertz CT molecular complexity index is 405. The Kier molecular flexibility index (Phi) is 6.39. The summed E-state index contributed by atoms with van der Waals surface area (Å²) in [5, 5.41) is 3.44. The Morgan fingerprint density at radius 1 is 1.33 bits per heavy atom. The molecule has 0 radical (unpaired) electrons. The van der Waals surface area contributed by atoms with Crippen molar-refractivity contribution in [3.8, 4) is 5.75 Å². The van der Waals surface area contributed by atoms with Gasteiger partial charge >= 0.3 is 6.61 Å². The molecule has 1 atom stereocenters. The lowest BCUT2D eigenvalue weighted by molar-refractivity contribution is -0.0498. The van der Waals surface area contributed by atoms with Crippen molar-refractivity contribution in [3.63, 3.8) is 0 Å². The first kappa shape index (κ1) is 16.2. The van der Waals surface area contributed by atoms with Gasteiger partial charge in [0.15, 0.2) is 0 Å². The molecule has 1 N–H and O–H groups in total. The smallest absolute Gasteiger partial charge is 0.387 e. The summed E-state index contributed by atoms with van der Waals surface area (Å²) >= 11 is 0. The first-order chi connectivity index (χ1) is 10.2. The molecular formula is C16H24F2N2O. The van der Waals surface area contributed by atoms with Crippen LogP contribution in [-0.4, -0.2) is 37.7 Å². The van der Waals surface area contributed by atoms with Crippen molar-refractivity contribution < 1.29 is 13.5 Å². The van der Waals surface area contributed by atoms with Crippen LogP contribution >= 0.6 is 0 Å². The first-order valence-electron chi connectivity index (χ1n) is 7.64. The Morgan fingerprint density at radius 3 is 2.67 bits per heavy atom. The zero-order chi connectivity index (χ0) is 15.1. The molecule has 1 saturated heterocycles. The lowest BCUT2D eigenvalue weighted by atomic mass is 9.99. The molecule has 21 heavy (non-hydrogen) atoms. The van der Waals surface area contributed by atoms with Crippen LogP contribution in [0.4, 0.5) is 8.78 Å². The average Bonchev–Trinajstić information content (AvgIpc) is 2.49. The fourth-order valence-corrected chi connectivity index (χ4v) is 2.78. The van der Waals surface area contributed by atoms with E-state index in [1.165, 1.54) is 12.8 Å². The minimum Gasteiger partial charge on any atom is -0.435 e. The molecular weight excluding hydrogens is 274 g/mol. The van der Waals surface area contributed by atoms with Crippen molar-refractivity contribution in [1.82, 2.24) is 10.2 Å². The molecule has 1 aliphatic rings. The first-order valence-corrected chi connectivity index (χ1v) is 7.64. The number of rotatable bonds is 7. The molecule has 1 aliphatic heterocycles. The molecule has 118 valence electrons. The molecule has 0 aromatic heterocycles. The maximum Gasteiger partial charge on any atom is 0.387 e. The monoisotopic (exact) mass is 298 g/mol. The average molecular weight is 298 g/mol. The minimum atomic E-state index is -2.76. The third-order valence-corrected chi connectivity index (χ3v) is 3.92. The van der Waals surface area contributed by atoms with Crippen molar-refractivity contribution in [2.24, 2.45) is 5.92 Å². The second-order valence-corrected chi connectivity index (χ2v) is 5.56. The molecule has 5 heteroatoms. The van der Waals surface area contributed by atoms with Crippen LogP contribution in [0.15, 0.2) is 24.3 Å². The van der Waals surface area contributed by atoms with E-state index in [0.717, 1.165) is 38.3 Å². The van der Waals surface area contributed by atoms with Crippen LogP contribution in [0.2, 0.25) is 0 Å². The van der Waals surface area contributed by atoms with E-state index in [4.69, 9.17) is 0 Å². The van der Waals surface area contributed by atoms with Gasteiger partial charge in [-0.3, -0.25) is 4.90 Å². The van der Waals surface area contributed by atoms with Crippen LogP contribution in [-0.2, 0) is 6.54 Å². The van der Waals surface area contributed by atoms with Gasteiger partial charge < -0.3 is 10.1 Å². The fourth-order valence-electron chi connectivity index (χ4n) is 2.78. The van der Waals surface area contributed by atoms with Crippen LogP contribution in [0, 0.1) is 5.92 Å². The maximum atomic E-state index is 12.1. The van der Waals surface area contributed by atoms with Crippen molar-refractivity contribution in [3.05, 3.63) is 29.8 Å². The quantitative estimate of drug-likeness (QED) is 0.837. The van der Waals surface area contributed by atoms with Gasteiger partial charge in [0, 0.05) is 13.1 Å². The van der Waals surface area contributed by atoms with Gasteiger partial charge in [-0.2, -0.15) is 8.78 Å². The Balaban J connectivity index is 1.85. The van der Waals surface area contributed by atoms with E-state index >= 15 is 0 Å². The van der Waals surface area contributed by atoms with Gasteiger partial charge in [-0.15, -0.1) is 0 Å². The zero-order valence-electron chi connectivity index (χ0n) is 12.5. The van der Waals surface area contributed by atoms with E-state index in [-0.39, 0.29) is 5.75 Å². The molecule has 1 unspecified atom stereocenters. The van der Waals surface area contributed by atoms with E-state index < -0.39 is 6.61 Å². The number of ether oxygens (including phenoxy) is 1. The highest BCUT2D eigenvalue weighted by atomic mass is 19.3. The number of nitrogens with zero attached hydrogens (tertiary/aromatic N) is 1. The van der Waals surface area contributed by atoms with Crippen LogP contribution in [0.5, 0.6) is 5.75 Å². The molecule has 1 aromatic rings. The highest BCUT2D eigenvalue weighted by Gasteiger charge is 2.16. The number of benzene rings is 1. The van der Waals surface area contributed by atoms with E-state index in [1.54, 1.807) is 12.1 Å². The van der Waals surface area contributed by atoms with Crippen molar-refractivity contribution in [2.75, 3.05) is 26.2 Å². The van der Waals surface area contributed by atoms with E-state index in [0.29, 0.717) is 5.92 Å².